The van der Waals surface area contributed by atoms with Crippen molar-refractivity contribution in [2.24, 2.45) is 5.73 Å². The Kier molecular flexibility index (Phi) is 1.73. The van der Waals surface area contributed by atoms with E-state index in [0.717, 1.165) is 5.56 Å². The van der Waals surface area contributed by atoms with Crippen LogP contribution in [0.4, 0.5) is 0 Å². The Bertz CT molecular complexity index is 194. The van der Waals surface area contributed by atoms with E-state index in [2.05, 4.69) is 10.2 Å². The number of H-pyrrole nitrogens is 1. The van der Waals surface area contributed by atoms with E-state index in [1.54, 1.807) is 6.20 Å². The zero-order chi connectivity index (χ0) is 6.85. The maximum Gasteiger partial charge on any atom is 0.128 e. The number of aromatic nitrogens is 2. The van der Waals surface area contributed by atoms with Crippen LogP contribution in [0.2, 0.25) is 5.15 Å². The average molecular weight is 146 g/mol. The molecule has 0 fully saturated rings. The molecule has 0 aliphatic carbocycles. The van der Waals surface area contributed by atoms with Crippen LogP contribution in [0.1, 0.15) is 18.5 Å². The molecule has 1 unspecified atom stereocenters. The van der Waals surface area contributed by atoms with Crippen molar-refractivity contribution in [2.75, 3.05) is 0 Å². The highest BCUT2D eigenvalue weighted by molar-refractivity contribution is 6.30. The summed E-state index contributed by atoms with van der Waals surface area (Å²) >= 11 is 5.64. The fourth-order valence-electron chi connectivity index (χ4n) is 0.597. The van der Waals surface area contributed by atoms with Crippen LogP contribution >= 0.6 is 11.6 Å². The van der Waals surface area contributed by atoms with Crippen LogP contribution in [0.5, 0.6) is 0 Å². The minimum absolute atomic E-state index is 0.0451. The quantitative estimate of drug-likeness (QED) is 0.622. The predicted molar refractivity (Wildman–Crippen MR) is 36.2 cm³/mol. The number of nitrogens with one attached hydrogen (secondary N) is 1. The molecule has 0 amide bonds. The molecule has 0 aliphatic rings. The van der Waals surface area contributed by atoms with Crippen molar-refractivity contribution in [1.29, 1.82) is 0 Å². The topological polar surface area (TPSA) is 54.7 Å². The Morgan fingerprint density at radius 2 is 2.56 bits per heavy atom. The van der Waals surface area contributed by atoms with E-state index >= 15 is 0 Å². The van der Waals surface area contributed by atoms with E-state index in [4.69, 9.17) is 17.3 Å². The van der Waals surface area contributed by atoms with Crippen LogP contribution in [0.25, 0.3) is 0 Å². The minimum Gasteiger partial charge on any atom is -0.324 e. The van der Waals surface area contributed by atoms with Crippen molar-refractivity contribution in [3.05, 3.63) is 16.9 Å². The highest BCUT2D eigenvalue weighted by Crippen LogP contribution is 2.16. The van der Waals surface area contributed by atoms with Crippen LogP contribution in [0.15, 0.2) is 6.20 Å². The molecular formula is C5H8ClN3. The van der Waals surface area contributed by atoms with Gasteiger partial charge in [-0.1, -0.05) is 11.6 Å². The molecule has 1 aromatic heterocycles. The summed E-state index contributed by atoms with van der Waals surface area (Å²) in [4.78, 5) is 0. The summed E-state index contributed by atoms with van der Waals surface area (Å²) in [6.45, 7) is 1.86. The van der Waals surface area contributed by atoms with Gasteiger partial charge in [-0.15, -0.1) is 0 Å². The van der Waals surface area contributed by atoms with Gasteiger partial charge in [0, 0.05) is 11.6 Å². The minimum atomic E-state index is -0.0451. The van der Waals surface area contributed by atoms with E-state index in [1.807, 2.05) is 6.92 Å². The van der Waals surface area contributed by atoms with Crippen molar-refractivity contribution in [2.45, 2.75) is 13.0 Å². The Labute approximate surface area is 58.2 Å². The van der Waals surface area contributed by atoms with Crippen LogP contribution in [-0.4, -0.2) is 10.2 Å². The van der Waals surface area contributed by atoms with Crippen molar-refractivity contribution in [3.63, 3.8) is 0 Å². The highest BCUT2D eigenvalue weighted by atomic mass is 35.5. The lowest BCUT2D eigenvalue weighted by Gasteiger charge is -1.98. The van der Waals surface area contributed by atoms with Crippen molar-refractivity contribution < 1.29 is 0 Å². The largest absolute Gasteiger partial charge is 0.324 e. The Hall–Kier alpha value is -0.540. The first-order valence-electron chi connectivity index (χ1n) is 2.66. The molecule has 4 heteroatoms. The second-order valence-electron chi connectivity index (χ2n) is 1.93. The molecule has 0 saturated carbocycles. The fraction of sp³-hybridized carbons (Fsp3) is 0.400. The summed E-state index contributed by atoms with van der Waals surface area (Å²) in [7, 11) is 0. The molecule has 0 saturated heterocycles. The van der Waals surface area contributed by atoms with Gasteiger partial charge in [-0.25, -0.2) is 0 Å². The Morgan fingerprint density at radius 1 is 1.89 bits per heavy atom. The third-order valence-corrected chi connectivity index (χ3v) is 1.41. The SMILES string of the molecule is CC(N)c1cn[nH]c1Cl. The van der Waals surface area contributed by atoms with Gasteiger partial charge in [0.15, 0.2) is 0 Å². The lowest BCUT2D eigenvalue weighted by Crippen LogP contribution is -2.03. The first-order valence-corrected chi connectivity index (χ1v) is 3.04. The molecule has 1 heterocycles. The summed E-state index contributed by atoms with van der Waals surface area (Å²) in [5.74, 6) is 0. The molecule has 1 rings (SSSR count). The number of aromatic amines is 1. The molecule has 3 N–H and O–H groups in total. The zero-order valence-corrected chi connectivity index (χ0v) is 5.81. The second kappa shape index (κ2) is 2.37. The van der Waals surface area contributed by atoms with E-state index < -0.39 is 0 Å². The molecular weight excluding hydrogens is 138 g/mol. The lowest BCUT2D eigenvalue weighted by molar-refractivity contribution is 0.819. The van der Waals surface area contributed by atoms with Gasteiger partial charge in [-0.3, -0.25) is 5.10 Å². The molecule has 0 aromatic carbocycles. The standard InChI is InChI=1S/C5H8ClN3/c1-3(7)4-2-8-9-5(4)6/h2-3H,7H2,1H3,(H,8,9). The highest BCUT2D eigenvalue weighted by Gasteiger charge is 2.04. The number of hydrogen-bond acceptors (Lipinski definition) is 2. The lowest BCUT2D eigenvalue weighted by atomic mass is 10.2. The van der Waals surface area contributed by atoms with Gasteiger partial charge in [0.1, 0.15) is 5.15 Å². The van der Waals surface area contributed by atoms with Gasteiger partial charge in [-0.2, -0.15) is 5.10 Å². The Morgan fingerprint density at radius 3 is 2.78 bits per heavy atom. The smallest absolute Gasteiger partial charge is 0.128 e. The summed E-state index contributed by atoms with van der Waals surface area (Å²) < 4.78 is 0. The van der Waals surface area contributed by atoms with Gasteiger partial charge >= 0.3 is 0 Å². The summed E-state index contributed by atoms with van der Waals surface area (Å²) in [5, 5.41) is 6.82. The first-order chi connectivity index (χ1) is 4.22. The van der Waals surface area contributed by atoms with Crippen LogP contribution in [-0.2, 0) is 0 Å². The number of hydrogen-bond donors (Lipinski definition) is 2. The van der Waals surface area contributed by atoms with Gasteiger partial charge in [0.25, 0.3) is 0 Å². The third-order valence-electron chi connectivity index (χ3n) is 1.11. The van der Waals surface area contributed by atoms with Crippen LogP contribution in [0, 0.1) is 0 Å². The number of nitrogens with zero attached hydrogens (tertiary/aromatic N) is 1. The molecule has 9 heavy (non-hydrogen) atoms. The van der Waals surface area contributed by atoms with Crippen molar-refractivity contribution in [3.8, 4) is 0 Å². The monoisotopic (exact) mass is 145 g/mol. The second-order valence-corrected chi connectivity index (χ2v) is 2.31. The molecule has 3 nitrogen and oxygen atoms in total. The molecule has 0 radical (unpaired) electrons. The van der Waals surface area contributed by atoms with Gasteiger partial charge < -0.3 is 5.73 Å². The maximum atomic E-state index is 5.64. The van der Waals surface area contributed by atoms with Crippen molar-refractivity contribution >= 4 is 11.6 Å². The maximum absolute atomic E-state index is 5.64. The summed E-state index contributed by atoms with van der Waals surface area (Å²) in [6.07, 6.45) is 1.63. The van der Waals surface area contributed by atoms with E-state index in [-0.39, 0.29) is 6.04 Å². The number of halogens is 1. The van der Waals surface area contributed by atoms with E-state index in [0.29, 0.717) is 5.15 Å². The van der Waals surface area contributed by atoms with Crippen molar-refractivity contribution in [1.82, 2.24) is 10.2 Å². The van der Waals surface area contributed by atoms with Gasteiger partial charge in [-0.05, 0) is 6.92 Å². The predicted octanol–water partition coefficient (Wildman–Crippen LogP) is 1.08. The fourth-order valence-corrected chi connectivity index (χ4v) is 0.867. The molecule has 0 spiro atoms. The molecule has 0 aliphatic heterocycles. The van der Waals surface area contributed by atoms with Crippen LogP contribution < -0.4 is 5.73 Å². The molecule has 50 valence electrons. The number of rotatable bonds is 1. The van der Waals surface area contributed by atoms with E-state index in [9.17, 15) is 0 Å². The first kappa shape index (κ1) is 6.58. The average Bonchev–Trinajstić information content (AvgIpc) is 2.13. The molecule has 1 aromatic rings. The summed E-state index contributed by atoms with van der Waals surface area (Å²) in [6, 6.07) is -0.0451. The normalized spacial score (nSPS) is 13.7. The molecule has 1 atom stereocenters. The van der Waals surface area contributed by atoms with E-state index in [1.165, 1.54) is 0 Å². The number of nitrogens with two attached hydrogens (primary N) is 1. The Balaban J connectivity index is 2.94. The van der Waals surface area contributed by atoms with Gasteiger partial charge in [0.05, 0.1) is 6.20 Å². The molecule has 0 bridgehead atoms. The van der Waals surface area contributed by atoms with Crippen LogP contribution in [0.3, 0.4) is 0 Å². The third kappa shape index (κ3) is 1.23. The van der Waals surface area contributed by atoms with Gasteiger partial charge in [0.2, 0.25) is 0 Å². The zero-order valence-electron chi connectivity index (χ0n) is 5.06. The summed E-state index contributed by atoms with van der Waals surface area (Å²) in [5.41, 5.74) is 6.37.